The van der Waals surface area contributed by atoms with Gasteiger partial charge in [-0.15, -0.1) is 17.9 Å². The first-order valence-electron chi connectivity index (χ1n) is 23.3. The van der Waals surface area contributed by atoms with Crippen LogP contribution in [0.1, 0.15) is 97.9 Å². The van der Waals surface area contributed by atoms with Crippen LogP contribution in [0, 0.1) is 23.2 Å². The number of esters is 1. The molecule has 0 spiro atoms. The molecule has 1 aromatic heterocycles. The van der Waals surface area contributed by atoms with Crippen molar-refractivity contribution in [3.8, 4) is 5.75 Å². The molecule has 16 nitrogen and oxygen atoms in total. The van der Waals surface area contributed by atoms with E-state index >= 15 is 0 Å². The van der Waals surface area contributed by atoms with Crippen LogP contribution in [0.4, 0.5) is 15.6 Å². The molecule has 3 aliphatic carbocycles. The van der Waals surface area contributed by atoms with Crippen molar-refractivity contribution in [3.05, 3.63) is 52.5 Å². The van der Waals surface area contributed by atoms with Crippen LogP contribution in [-0.4, -0.2) is 127 Å². The molecule has 9 atom stereocenters. The standard InChI is InChI=1S/C48H66ClN7O9S/c1-10-29-22-48(29,43(59)61-9)54-41(57)35-20-31(23-56(35)42(58)40(46(4,5)6)53-45(60)65-30-18-27-17-28(27)19-30)64-37-21-33(34-24-66-44(52-34)50-26(2)3)51-39-32(37)11-12-36(38(39)49)63-16-14-55-13-15-62-25-47(55,7)8/h10-12,21,24,26-31,33,35,40,51H,1,13-20,22-23,25H2,2-9H3,(H,50,52)(H,53,60)(H,54,57)/t27-,28+,29-,30?,31-,33?,35+,40-,48?/m1/s1. The van der Waals surface area contributed by atoms with Crippen LogP contribution in [0.2, 0.25) is 5.02 Å². The number of methoxy groups -OCH3 is 1. The molecule has 3 saturated carbocycles. The number of fused-ring (bicyclic) bond motifs is 2. The van der Waals surface area contributed by atoms with Gasteiger partial charge in [0, 0.05) is 48.0 Å². The highest BCUT2D eigenvalue weighted by atomic mass is 35.5. The summed E-state index contributed by atoms with van der Waals surface area (Å²) in [6.07, 6.45) is 5.22. The fourth-order valence-electron chi connectivity index (χ4n) is 9.94. The molecule has 4 N–H and O–H groups in total. The van der Waals surface area contributed by atoms with Gasteiger partial charge in [0.05, 0.1) is 44.3 Å². The molecule has 0 bridgehead atoms. The smallest absolute Gasteiger partial charge is 0.408 e. The van der Waals surface area contributed by atoms with Crippen molar-refractivity contribution < 1.29 is 42.9 Å². The van der Waals surface area contributed by atoms with E-state index in [-0.39, 0.29) is 36.6 Å². The number of alkyl carbamates (subject to hydrolysis) is 1. The van der Waals surface area contributed by atoms with Gasteiger partial charge in [-0.25, -0.2) is 14.6 Å². The number of carbonyl (C=O) groups is 4. The SMILES string of the molecule is C=C[C@@H]1CC1(NC(=O)[C@@H]1C[C@@H](OC2=CC(c3csc(NC(C)C)n3)Nc3c2ccc(OCCN2CCOCC2(C)C)c3Cl)CN1C(=O)[C@@H](NC(=O)OC1C[C@@H]2C[C@@H]2C1)C(C)(C)C)C(=O)OC. The van der Waals surface area contributed by atoms with Gasteiger partial charge >= 0.3 is 12.1 Å². The summed E-state index contributed by atoms with van der Waals surface area (Å²) in [4.78, 5) is 64.7. The molecule has 2 saturated heterocycles. The van der Waals surface area contributed by atoms with Crippen LogP contribution in [-0.2, 0) is 33.3 Å². The van der Waals surface area contributed by atoms with Crippen molar-refractivity contribution in [1.82, 2.24) is 25.4 Å². The molecule has 0 radical (unpaired) electrons. The van der Waals surface area contributed by atoms with Crippen molar-refractivity contribution in [2.24, 2.45) is 23.2 Å². The molecule has 4 heterocycles. The number of thiazole rings is 1. The minimum Gasteiger partial charge on any atom is -0.491 e. The second kappa shape index (κ2) is 18.8. The molecule has 1 aromatic carbocycles. The lowest BCUT2D eigenvalue weighted by molar-refractivity contribution is -0.148. The number of nitrogens with one attached hydrogen (secondary N) is 4. The number of aromatic nitrogens is 1. The highest BCUT2D eigenvalue weighted by molar-refractivity contribution is 7.13. The largest absolute Gasteiger partial charge is 0.491 e. The Morgan fingerprint density at radius 2 is 1.88 bits per heavy atom. The molecule has 2 aromatic rings. The highest BCUT2D eigenvalue weighted by Gasteiger charge is 2.62. The zero-order valence-corrected chi connectivity index (χ0v) is 40.9. The second-order valence-corrected chi connectivity index (χ2v) is 21.9. The van der Waals surface area contributed by atoms with Crippen molar-refractivity contribution in [2.45, 2.75) is 128 Å². The number of morpholine rings is 1. The first-order valence-corrected chi connectivity index (χ1v) is 24.5. The van der Waals surface area contributed by atoms with E-state index in [0.717, 1.165) is 30.2 Å². The Morgan fingerprint density at radius 1 is 1.12 bits per heavy atom. The number of benzene rings is 1. The minimum absolute atomic E-state index is 0.000928. The number of amides is 3. The van der Waals surface area contributed by atoms with Crippen molar-refractivity contribution in [3.63, 3.8) is 0 Å². The quantitative estimate of drug-likeness (QED) is 0.102. The average molecular weight is 953 g/mol. The van der Waals surface area contributed by atoms with Gasteiger partial charge in [-0.1, -0.05) is 38.4 Å². The monoisotopic (exact) mass is 951 g/mol. The summed E-state index contributed by atoms with van der Waals surface area (Å²) in [5.41, 5.74) is -0.205. The first-order chi connectivity index (χ1) is 31.3. The summed E-state index contributed by atoms with van der Waals surface area (Å²) in [6, 6.07) is 1.29. The maximum absolute atomic E-state index is 14.9. The maximum atomic E-state index is 14.9. The van der Waals surface area contributed by atoms with Crippen molar-refractivity contribution >= 4 is 63.4 Å². The van der Waals surface area contributed by atoms with Gasteiger partial charge in [-0.05, 0) is 88.8 Å². The van der Waals surface area contributed by atoms with Gasteiger partial charge in [-0.3, -0.25) is 14.5 Å². The van der Waals surface area contributed by atoms with Crippen LogP contribution in [0.5, 0.6) is 5.75 Å². The van der Waals surface area contributed by atoms with E-state index in [1.54, 1.807) is 6.08 Å². The number of hydrogen-bond donors (Lipinski definition) is 4. The van der Waals surface area contributed by atoms with Crippen molar-refractivity contribution in [2.75, 3.05) is 57.2 Å². The first kappa shape index (κ1) is 47.9. The molecule has 360 valence electrons. The Balaban J connectivity index is 1.07. The number of carbonyl (C=O) groups excluding carboxylic acids is 4. The Hall–Kier alpha value is -4.58. The lowest BCUT2D eigenvalue weighted by Crippen LogP contribution is -2.59. The lowest BCUT2D eigenvalue weighted by Gasteiger charge is -2.42. The van der Waals surface area contributed by atoms with E-state index in [9.17, 15) is 19.2 Å². The number of rotatable bonds is 16. The fraction of sp³-hybridized carbons (Fsp3) is 0.646. The topological polar surface area (TPSA) is 182 Å². The summed E-state index contributed by atoms with van der Waals surface area (Å²) in [6.45, 7) is 21.0. The summed E-state index contributed by atoms with van der Waals surface area (Å²) < 4.78 is 29.9. The molecular formula is C48H66ClN7O9S. The number of halogens is 1. The van der Waals surface area contributed by atoms with E-state index in [1.807, 2.05) is 58.2 Å². The van der Waals surface area contributed by atoms with E-state index in [1.165, 1.54) is 29.8 Å². The molecule has 8 rings (SSSR count). The zero-order chi connectivity index (χ0) is 47.3. The molecule has 3 unspecified atom stereocenters. The van der Waals surface area contributed by atoms with Gasteiger partial charge < -0.3 is 49.9 Å². The van der Waals surface area contributed by atoms with Crippen LogP contribution in [0.3, 0.4) is 0 Å². The van der Waals surface area contributed by atoms with Gasteiger partial charge in [0.15, 0.2) is 5.13 Å². The molecule has 18 heteroatoms. The highest BCUT2D eigenvalue weighted by Crippen LogP contribution is 2.53. The number of hydrogen-bond acceptors (Lipinski definition) is 14. The Labute approximate surface area is 396 Å². The number of nitrogens with zero attached hydrogens (tertiary/aromatic N) is 3. The van der Waals surface area contributed by atoms with Gasteiger partial charge in [0.2, 0.25) is 11.8 Å². The van der Waals surface area contributed by atoms with E-state index in [4.69, 9.17) is 40.3 Å². The Bertz CT molecular complexity index is 2220. The van der Waals surface area contributed by atoms with Crippen LogP contribution >= 0.6 is 22.9 Å². The third kappa shape index (κ3) is 10.1. The minimum atomic E-state index is -1.30. The Kier molecular flexibility index (Phi) is 13.7. The number of ether oxygens (including phenoxy) is 5. The third-order valence-electron chi connectivity index (χ3n) is 13.9. The number of anilines is 2. The normalized spacial score (nSPS) is 29.0. The van der Waals surface area contributed by atoms with Crippen molar-refractivity contribution in [1.29, 1.82) is 0 Å². The van der Waals surface area contributed by atoms with E-state index in [0.29, 0.717) is 72.4 Å². The number of likely N-dealkylation sites (tertiary alicyclic amines) is 1. The summed E-state index contributed by atoms with van der Waals surface area (Å²) in [5.74, 6) is 0.244. The van der Waals surface area contributed by atoms with Crippen LogP contribution in [0.15, 0.2) is 36.2 Å². The van der Waals surface area contributed by atoms with Crippen LogP contribution < -0.4 is 26.0 Å². The van der Waals surface area contributed by atoms with E-state index < -0.39 is 59.1 Å². The second-order valence-electron chi connectivity index (χ2n) is 20.7. The predicted molar refractivity (Wildman–Crippen MR) is 252 cm³/mol. The molecule has 5 fully saturated rings. The zero-order valence-electron chi connectivity index (χ0n) is 39.4. The fourth-order valence-corrected chi connectivity index (χ4v) is 11.1. The van der Waals surface area contributed by atoms with E-state index in [2.05, 4.69) is 46.6 Å². The molecule has 66 heavy (non-hydrogen) atoms. The van der Waals surface area contributed by atoms with Gasteiger partial charge in [0.25, 0.3) is 0 Å². The molecule has 6 aliphatic rings. The van der Waals surface area contributed by atoms with Gasteiger partial charge in [0.1, 0.15) is 53.0 Å². The third-order valence-corrected chi connectivity index (χ3v) is 15.0. The average Bonchev–Trinajstić information content (AvgIpc) is 3.92. The van der Waals surface area contributed by atoms with Crippen LogP contribution in [0.25, 0.3) is 5.76 Å². The van der Waals surface area contributed by atoms with Gasteiger partial charge in [-0.2, -0.15) is 0 Å². The maximum Gasteiger partial charge on any atom is 0.408 e. The summed E-state index contributed by atoms with van der Waals surface area (Å²) in [5, 5.41) is 15.9. The molecular weight excluding hydrogens is 886 g/mol. The Morgan fingerprint density at radius 3 is 2.55 bits per heavy atom. The summed E-state index contributed by atoms with van der Waals surface area (Å²) in [7, 11) is 1.27. The lowest BCUT2D eigenvalue weighted by atomic mass is 9.85. The molecule has 3 amide bonds. The predicted octanol–water partition coefficient (Wildman–Crippen LogP) is 6.77. The summed E-state index contributed by atoms with van der Waals surface area (Å²) >= 11 is 8.71. The molecule has 3 aliphatic heterocycles.